The van der Waals surface area contributed by atoms with Gasteiger partial charge in [-0.1, -0.05) is 6.42 Å². The van der Waals surface area contributed by atoms with Gasteiger partial charge in [0.15, 0.2) is 0 Å². The number of hydrogen-bond donors (Lipinski definition) is 2. The minimum absolute atomic E-state index is 0.0894. The Balaban J connectivity index is 1.83. The number of rotatable bonds is 4. The number of nitrogens with one attached hydrogen (secondary N) is 1. The summed E-state index contributed by atoms with van der Waals surface area (Å²) in [5, 5.41) is 11.6. The molecule has 1 aliphatic carbocycles. The first-order chi connectivity index (χ1) is 9.06. The Labute approximate surface area is 112 Å². The fourth-order valence-electron chi connectivity index (χ4n) is 2.65. The zero-order valence-electron chi connectivity index (χ0n) is 11.0. The molecule has 0 unspecified atom stereocenters. The van der Waals surface area contributed by atoms with Crippen molar-refractivity contribution in [2.24, 2.45) is 5.41 Å². The summed E-state index contributed by atoms with van der Waals surface area (Å²) in [6, 6.07) is 0. The number of aliphatic carboxylic acids is 1. The molecule has 0 aromatic carbocycles. The smallest absolute Gasteiger partial charge is 0.319 e. The molecule has 2 rings (SSSR count). The summed E-state index contributed by atoms with van der Waals surface area (Å²) in [6.07, 6.45) is 4.62. The third kappa shape index (κ3) is 2.72. The highest BCUT2D eigenvalue weighted by molar-refractivity contribution is 6.03. The van der Waals surface area contributed by atoms with Crippen molar-refractivity contribution in [3.8, 4) is 0 Å². The molecule has 1 saturated heterocycles. The van der Waals surface area contributed by atoms with E-state index in [-0.39, 0.29) is 12.5 Å². The lowest BCUT2D eigenvalue weighted by Crippen LogP contribution is -2.53. The van der Waals surface area contributed by atoms with E-state index >= 15 is 0 Å². The summed E-state index contributed by atoms with van der Waals surface area (Å²) in [6.45, 7) is 1.38. The number of likely N-dealkylation sites (tertiary alicyclic amines) is 1. The van der Waals surface area contributed by atoms with Crippen molar-refractivity contribution >= 4 is 17.8 Å². The summed E-state index contributed by atoms with van der Waals surface area (Å²) in [4.78, 5) is 36.7. The highest BCUT2D eigenvalue weighted by atomic mass is 16.4. The molecule has 0 radical (unpaired) electrons. The molecular weight excluding hydrogens is 248 g/mol. The first-order valence-electron chi connectivity index (χ1n) is 6.86. The van der Waals surface area contributed by atoms with Crippen molar-refractivity contribution in [3.05, 3.63) is 0 Å². The van der Waals surface area contributed by atoms with Gasteiger partial charge in [-0.15, -0.1) is 0 Å². The highest BCUT2D eigenvalue weighted by Crippen LogP contribution is 2.41. The lowest BCUT2D eigenvalue weighted by molar-refractivity contribution is -0.162. The second kappa shape index (κ2) is 5.59. The van der Waals surface area contributed by atoms with Crippen LogP contribution in [0.2, 0.25) is 0 Å². The van der Waals surface area contributed by atoms with Crippen LogP contribution in [-0.4, -0.2) is 47.4 Å². The van der Waals surface area contributed by atoms with Crippen molar-refractivity contribution in [1.29, 1.82) is 0 Å². The molecule has 0 aromatic heterocycles. The third-order valence-electron chi connectivity index (χ3n) is 4.16. The zero-order valence-corrected chi connectivity index (χ0v) is 11.0. The van der Waals surface area contributed by atoms with Crippen molar-refractivity contribution in [2.75, 3.05) is 19.6 Å². The number of piperidine rings is 1. The minimum Gasteiger partial charge on any atom is -0.480 e. The van der Waals surface area contributed by atoms with Gasteiger partial charge in [-0.25, -0.2) is 0 Å². The second-order valence-electron chi connectivity index (χ2n) is 5.36. The molecule has 19 heavy (non-hydrogen) atoms. The van der Waals surface area contributed by atoms with Gasteiger partial charge in [0.1, 0.15) is 5.41 Å². The average Bonchev–Trinajstić information content (AvgIpc) is 2.35. The maximum absolute atomic E-state index is 11.9. The standard InChI is InChI=1S/C13H20N2O4/c16-10(15-7-2-1-3-8-15)9-14-11(17)13(12(18)19)5-4-6-13/h1-9H2,(H,14,17)(H,18,19). The monoisotopic (exact) mass is 268 g/mol. The van der Waals surface area contributed by atoms with Crippen molar-refractivity contribution in [2.45, 2.75) is 38.5 Å². The van der Waals surface area contributed by atoms with Crippen molar-refractivity contribution in [1.82, 2.24) is 10.2 Å². The molecule has 0 bridgehead atoms. The first kappa shape index (κ1) is 13.8. The molecular formula is C13H20N2O4. The van der Waals surface area contributed by atoms with Crippen molar-refractivity contribution < 1.29 is 19.5 Å². The van der Waals surface area contributed by atoms with Crippen LogP contribution in [0.25, 0.3) is 0 Å². The molecule has 2 N–H and O–H groups in total. The van der Waals surface area contributed by atoms with Gasteiger partial charge < -0.3 is 15.3 Å². The summed E-state index contributed by atoms with van der Waals surface area (Å²) in [5.41, 5.74) is -1.29. The van der Waals surface area contributed by atoms with E-state index < -0.39 is 17.3 Å². The van der Waals surface area contributed by atoms with E-state index in [1.807, 2.05) is 0 Å². The van der Waals surface area contributed by atoms with Crippen LogP contribution in [0, 0.1) is 5.41 Å². The van der Waals surface area contributed by atoms with Crippen LogP contribution in [-0.2, 0) is 14.4 Å². The average molecular weight is 268 g/mol. The molecule has 1 saturated carbocycles. The van der Waals surface area contributed by atoms with E-state index in [9.17, 15) is 14.4 Å². The Morgan fingerprint density at radius 2 is 1.68 bits per heavy atom. The van der Waals surface area contributed by atoms with E-state index in [2.05, 4.69) is 5.32 Å². The van der Waals surface area contributed by atoms with Crippen LogP contribution in [0.5, 0.6) is 0 Å². The Hall–Kier alpha value is -1.59. The molecule has 0 spiro atoms. The van der Waals surface area contributed by atoms with Crippen LogP contribution in [0.4, 0.5) is 0 Å². The minimum atomic E-state index is -1.29. The lowest BCUT2D eigenvalue weighted by Gasteiger charge is -2.36. The van der Waals surface area contributed by atoms with Gasteiger partial charge in [0.25, 0.3) is 0 Å². The summed E-state index contributed by atoms with van der Waals surface area (Å²) in [5.74, 6) is -1.72. The van der Waals surface area contributed by atoms with Gasteiger partial charge in [0.2, 0.25) is 11.8 Å². The Morgan fingerprint density at radius 3 is 2.16 bits per heavy atom. The number of hydrogen-bond acceptors (Lipinski definition) is 3. The number of carbonyl (C=O) groups is 3. The van der Waals surface area contributed by atoms with Gasteiger partial charge in [-0.2, -0.15) is 0 Å². The van der Waals surface area contributed by atoms with Gasteiger partial charge in [-0.3, -0.25) is 14.4 Å². The van der Waals surface area contributed by atoms with Crippen molar-refractivity contribution in [3.63, 3.8) is 0 Å². The molecule has 2 aliphatic rings. The van der Waals surface area contributed by atoms with E-state index in [4.69, 9.17) is 5.11 Å². The number of carboxylic acids is 1. The van der Waals surface area contributed by atoms with E-state index in [0.29, 0.717) is 12.8 Å². The van der Waals surface area contributed by atoms with Gasteiger partial charge in [0, 0.05) is 13.1 Å². The number of carbonyl (C=O) groups excluding carboxylic acids is 2. The second-order valence-corrected chi connectivity index (χ2v) is 5.36. The quantitative estimate of drug-likeness (QED) is 0.721. The molecule has 6 nitrogen and oxygen atoms in total. The van der Waals surface area contributed by atoms with Crippen LogP contribution < -0.4 is 5.32 Å². The number of amides is 2. The van der Waals surface area contributed by atoms with Crippen LogP contribution in [0.1, 0.15) is 38.5 Å². The van der Waals surface area contributed by atoms with Gasteiger partial charge in [-0.05, 0) is 32.1 Å². The third-order valence-corrected chi connectivity index (χ3v) is 4.16. The fourth-order valence-corrected chi connectivity index (χ4v) is 2.65. The molecule has 2 amide bonds. The van der Waals surface area contributed by atoms with Gasteiger partial charge in [0.05, 0.1) is 6.54 Å². The molecule has 2 fully saturated rings. The van der Waals surface area contributed by atoms with E-state index in [1.165, 1.54) is 0 Å². The lowest BCUT2D eigenvalue weighted by atomic mass is 9.68. The van der Waals surface area contributed by atoms with Crippen LogP contribution >= 0.6 is 0 Å². The summed E-state index contributed by atoms with van der Waals surface area (Å²) in [7, 11) is 0. The highest BCUT2D eigenvalue weighted by Gasteiger charge is 2.51. The number of nitrogens with zero attached hydrogens (tertiary/aromatic N) is 1. The largest absolute Gasteiger partial charge is 0.480 e. The first-order valence-corrected chi connectivity index (χ1v) is 6.86. The number of carboxylic acid groups (broad SMARTS) is 1. The van der Waals surface area contributed by atoms with E-state index in [1.54, 1.807) is 4.90 Å². The summed E-state index contributed by atoms with van der Waals surface area (Å²) < 4.78 is 0. The molecule has 6 heteroatoms. The summed E-state index contributed by atoms with van der Waals surface area (Å²) >= 11 is 0. The van der Waals surface area contributed by atoms with Crippen LogP contribution in [0.15, 0.2) is 0 Å². The molecule has 0 aromatic rings. The predicted octanol–water partition coefficient (Wildman–Crippen LogP) is 0.370. The molecule has 1 heterocycles. The topological polar surface area (TPSA) is 86.7 Å². The SMILES string of the molecule is O=C(CNC(=O)C1(C(=O)O)CCC1)N1CCCCC1. The molecule has 0 atom stereocenters. The zero-order chi connectivity index (χ0) is 13.9. The van der Waals surface area contributed by atoms with Crippen LogP contribution in [0.3, 0.4) is 0 Å². The molecule has 1 aliphatic heterocycles. The predicted molar refractivity (Wildman–Crippen MR) is 67.4 cm³/mol. The normalized spacial score (nSPS) is 21.4. The Kier molecular flexibility index (Phi) is 4.07. The van der Waals surface area contributed by atoms with E-state index in [0.717, 1.165) is 38.8 Å². The maximum Gasteiger partial charge on any atom is 0.319 e. The van der Waals surface area contributed by atoms with Gasteiger partial charge >= 0.3 is 5.97 Å². The fraction of sp³-hybridized carbons (Fsp3) is 0.769. The Bertz CT molecular complexity index is 384. The maximum atomic E-state index is 11.9. The molecule has 106 valence electrons. The Morgan fingerprint density at radius 1 is 1.05 bits per heavy atom.